The molecule has 0 unspecified atom stereocenters. The summed E-state index contributed by atoms with van der Waals surface area (Å²) in [5, 5.41) is 22.1. The van der Waals surface area contributed by atoms with Crippen LogP contribution in [0.5, 0.6) is 5.88 Å². The van der Waals surface area contributed by atoms with Crippen LogP contribution in [0.3, 0.4) is 0 Å². The lowest BCUT2D eigenvalue weighted by Gasteiger charge is -2.05. The van der Waals surface area contributed by atoms with Gasteiger partial charge >= 0.3 is 5.97 Å². The zero-order valence-electron chi connectivity index (χ0n) is 13.6. The van der Waals surface area contributed by atoms with Crippen molar-refractivity contribution in [1.82, 2.24) is 4.98 Å². The smallest absolute Gasteiger partial charge is 0.362 e. The molecular formula is C16H23N3O5. The van der Waals surface area contributed by atoms with Crippen LogP contribution in [0, 0.1) is 10.1 Å². The monoisotopic (exact) mass is 337 g/mol. The molecule has 0 fully saturated rings. The summed E-state index contributed by atoms with van der Waals surface area (Å²) < 4.78 is 5.01. The Bertz CT molecular complexity index is 534. The number of nitro groups is 1. The number of pyridine rings is 1. The third-order valence-corrected chi connectivity index (χ3v) is 3.45. The van der Waals surface area contributed by atoms with Gasteiger partial charge in [-0.3, -0.25) is 10.1 Å². The Hall–Kier alpha value is -2.51. The number of ether oxygens (including phenoxy) is 1. The predicted molar refractivity (Wildman–Crippen MR) is 87.9 cm³/mol. The van der Waals surface area contributed by atoms with Crippen LogP contribution in [-0.4, -0.2) is 33.3 Å². The van der Waals surface area contributed by atoms with Gasteiger partial charge in [0.2, 0.25) is 12.4 Å². The lowest BCUT2D eigenvalue weighted by atomic mass is 10.1. The summed E-state index contributed by atoms with van der Waals surface area (Å²) in [6.45, 7) is 0.0364. The van der Waals surface area contributed by atoms with Gasteiger partial charge in [0.25, 0.3) is 0 Å². The van der Waals surface area contributed by atoms with Crippen molar-refractivity contribution in [1.29, 1.82) is 0 Å². The third kappa shape index (κ3) is 8.82. The van der Waals surface area contributed by atoms with Gasteiger partial charge in [0, 0.05) is 30.0 Å². The van der Waals surface area contributed by atoms with Crippen LogP contribution in [0.25, 0.3) is 0 Å². The standard InChI is InChI=1S/C16H23N3O5/c20-16(24-15-11-7-8-12-17-15)14(18-21)10-6-4-2-1-3-5-9-13-19(22)23/h7-8,11-12,21H,1-6,9-10,13H2/b18-14+. The number of esters is 1. The fraction of sp³-hybridized carbons (Fsp3) is 0.562. The molecule has 8 heteroatoms. The Labute approximate surface area is 140 Å². The topological polar surface area (TPSA) is 115 Å². The Balaban J connectivity index is 2.12. The van der Waals surface area contributed by atoms with E-state index >= 15 is 0 Å². The van der Waals surface area contributed by atoms with Crippen LogP contribution in [0.1, 0.15) is 51.4 Å². The fourth-order valence-electron chi connectivity index (χ4n) is 2.17. The molecule has 0 saturated heterocycles. The largest absolute Gasteiger partial charge is 0.410 e. The van der Waals surface area contributed by atoms with Crippen molar-refractivity contribution in [3.63, 3.8) is 0 Å². The van der Waals surface area contributed by atoms with E-state index in [0.29, 0.717) is 19.3 Å². The van der Waals surface area contributed by atoms with E-state index < -0.39 is 5.97 Å². The van der Waals surface area contributed by atoms with Gasteiger partial charge in [-0.15, -0.1) is 0 Å². The molecule has 0 aromatic carbocycles. The van der Waals surface area contributed by atoms with Crippen molar-refractivity contribution < 1.29 is 19.7 Å². The van der Waals surface area contributed by atoms with E-state index in [2.05, 4.69) is 10.1 Å². The SMILES string of the molecule is O=C(Oc1ccccn1)/C(CCCCCCCCC[N+](=O)[O-])=N/O. The number of carbonyl (C=O) groups is 1. The van der Waals surface area contributed by atoms with Crippen LogP contribution in [0.4, 0.5) is 0 Å². The van der Waals surface area contributed by atoms with Crippen LogP contribution in [-0.2, 0) is 4.79 Å². The summed E-state index contributed by atoms with van der Waals surface area (Å²) >= 11 is 0. The number of hydrogen-bond donors (Lipinski definition) is 1. The third-order valence-electron chi connectivity index (χ3n) is 3.45. The molecule has 0 amide bonds. The molecule has 0 atom stereocenters. The Kier molecular flexibility index (Phi) is 9.75. The zero-order valence-corrected chi connectivity index (χ0v) is 13.6. The minimum absolute atomic E-state index is 0.0216. The molecule has 0 aliphatic heterocycles. The summed E-state index contributed by atoms with van der Waals surface area (Å²) in [6, 6.07) is 4.94. The molecule has 0 radical (unpaired) electrons. The second kappa shape index (κ2) is 12.0. The number of rotatable bonds is 12. The minimum Gasteiger partial charge on any atom is -0.410 e. The second-order valence-corrected chi connectivity index (χ2v) is 5.39. The van der Waals surface area contributed by atoms with Crippen molar-refractivity contribution in [3.05, 3.63) is 34.5 Å². The van der Waals surface area contributed by atoms with Crippen LogP contribution in [0.15, 0.2) is 29.6 Å². The highest BCUT2D eigenvalue weighted by molar-refractivity contribution is 6.36. The number of oxime groups is 1. The van der Waals surface area contributed by atoms with Gasteiger partial charge in [-0.25, -0.2) is 9.78 Å². The lowest BCUT2D eigenvalue weighted by molar-refractivity contribution is -0.480. The molecule has 1 aromatic heterocycles. The molecule has 0 saturated carbocycles. The molecule has 1 aromatic rings. The maximum Gasteiger partial charge on any atom is 0.362 e. The van der Waals surface area contributed by atoms with Gasteiger partial charge in [-0.05, 0) is 18.9 Å². The number of nitrogens with zero attached hydrogens (tertiary/aromatic N) is 3. The van der Waals surface area contributed by atoms with E-state index in [-0.39, 0.29) is 23.1 Å². The maximum atomic E-state index is 11.8. The molecular weight excluding hydrogens is 314 g/mol. The molecule has 132 valence electrons. The van der Waals surface area contributed by atoms with Crippen molar-refractivity contribution in [2.45, 2.75) is 51.4 Å². The summed E-state index contributed by atoms with van der Waals surface area (Å²) in [5.74, 6) is -0.533. The first-order valence-electron chi connectivity index (χ1n) is 8.09. The molecule has 8 nitrogen and oxygen atoms in total. The number of hydrogen-bond acceptors (Lipinski definition) is 7. The highest BCUT2D eigenvalue weighted by Crippen LogP contribution is 2.10. The van der Waals surface area contributed by atoms with E-state index in [1.165, 1.54) is 6.20 Å². The summed E-state index contributed by atoms with van der Waals surface area (Å²) in [7, 11) is 0. The fourth-order valence-corrected chi connectivity index (χ4v) is 2.17. The molecule has 24 heavy (non-hydrogen) atoms. The van der Waals surface area contributed by atoms with Gasteiger partial charge in [0.15, 0.2) is 5.71 Å². The Morgan fingerprint density at radius 2 is 1.83 bits per heavy atom. The van der Waals surface area contributed by atoms with Crippen molar-refractivity contribution in [2.24, 2.45) is 5.16 Å². The van der Waals surface area contributed by atoms with Gasteiger partial charge in [0.1, 0.15) is 0 Å². The first-order chi connectivity index (χ1) is 11.6. The molecule has 0 aliphatic carbocycles. The predicted octanol–water partition coefficient (Wildman–Crippen LogP) is 3.21. The number of carbonyl (C=O) groups excluding carboxylic acids is 1. The Morgan fingerprint density at radius 1 is 1.17 bits per heavy atom. The van der Waals surface area contributed by atoms with E-state index in [1.807, 2.05) is 0 Å². The van der Waals surface area contributed by atoms with E-state index in [1.54, 1.807) is 18.2 Å². The van der Waals surface area contributed by atoms with E-state index in [9.17, 15) is 14.9 Å². The molecule has 1 N–H and O–H groups in total. The first kappa shape index (κ1) is 19.5. The first-order valence-corrected chi connectivity index (χ1v) is 8.09. The van der Waals surface area contributed by atoms with Crippen LogP contribution in [0.2, 0.25) is 0 Å². The number of aromatic nitrogens is 1. The van der Waals surface area contributed by atoms with Crippen LogP contribution >= 0.6 is 0 Å². The van der Waals surface area contributed by atoms with Crippen molar-refractivity contribution >= 4 is 11.7 Å². The highest BCUT2D eigenvalue weighted by Gasteiger charge is 2.15. The van der Waals surface area contributed by atoms with Gasteiger partial charge < -0.3 is 9.94 Å². The summed E-state index contributed by atoms with van der Waals surface area (Å²) in [4.78, 5) is 25.6. The summed E-state index contributed by atoms with van der Waals surface area (Å²) in [5.41, 5.74) is -0.0216. The summed E-state index contributed by atoms with van der Waals surface area (Å²) in [6.07, 6.45) is 7.88. The molecule has 0 aliphatic rings. The number of unbranched alkanes of at least 4 members (excludes halogenated alkanes) is 6. The Morgan fingerprint density at radius 3 is 2.42 bits per heavy atom. The van der Waals surface area contributed by atoms with Crippen LogP contribution < -0.4 is 4.74 Å². The van der Waals surface area contributed by atoms with E-state index in [4.69, 9.17) is 9.94 Å². The quantitative estimate of drug-likeness (QED) is 0.156. The second-order valence-electron chi connectivity index (χ2n) is 5.39. The molecule has 0 bridgehead atoms. The van der Waals surface area contributed by atoms with E-state index in [0.717, 1.165) is 32.1 Å². The lowest BCUT2D eigenvalue weighted by Crippen LogP contribution is -2.21. The average Bonchev–Trinajstić information content (AvgIpc) is 2.57. The normalized spacial score (nSPS) is 11.2. The van der Waals surface area contributed by atoms with Gasteiger partial charge in [-0.1, -0.05) is 36.9 Å². The molecule has 0 spiro atoms. The maximum absolute atomic E-state index is 11.8. The molecule has 1 rings (SSSR count). The van der Waals surface area contributed by atoms with Gasteiger partial charge in [-0.2, -0.15) is 0 Å². The minimum atomic E-state index is -0.698. The van der Waals surface area contributed by atoms with Crippen molar-refractivity contribution in [2.75, 3.05) is 6.54 Å². The average molecular weight is 337 g/mol. The van der Waals surface area contributed by atoms with Gasteiger partial charge in [0.05, 0.1) is 0 Å². The zero-order chi connectivity index (χ0) is 17.6. The molecule has 1 heterocycles. The highest BCUT2D eigenvalue weighted by atomic mass is 16.6. The van der Waals surface area contributed by atoms with Crippen molar-refractivity contribution in [3.8, 4) is 5.88 Å².